The van der Waals surface area contributed by atoms with E-state index in [-0.39, 0.29) is 6.04 Å². The van der Waals surface area contributed by atoms with Gasteiger partial charge in [-0.25, -0.2) is 0 Å². The minimum Gasteiger partial charge on any atom is -0.341 e. The fourth-order valence-electron chi connectivity index (χ4n) is 3.96. The summed E-state index contributed by atoms with van der Waals surface area (Å²) in [6.45, 7) is 2.60. The normalized spacial score (nSPS) is 24.4. The third-order valence-electron chi connectivity index (χ3n) is 5.69. The fraction of sp³-hybridized carbons (Fsp3) is 0.579. The van der Waals surface area contributed by atoms with E-state index in [1.807, 2.05) is 7.05 Å². The van der Waals surface area contributed by atoms with Crippen LogP contribution in [0.25, 0.3) is 0 Å². The lowest BCUT2D eigenvalue weighted by Crippen LogP contribution is -2.47. The van der Waals surface area contributed by atoms with Crippen LogP contribution >= 0.6 is 0 Å². The van der Waals surface area contributed by atoms with Crippen LogP contribution in [0.15, 0.2) is 24.3 Å². The number of halogens is 3. The standard InChI is InChI=1S/C19H24F3N3O2/c1-12(13-4-3-5-14(10-13)19(20,21)22)23-17(26)18(27)25-9-8-15-6-7-16(11-25)24(15)2/h3-5,10,12,15-16H,6-9,11H2,1-2H3,(H,23,26)/t12-,15+,16-/m0/s1. The van der Waals surface area contributed by atoms with Gasteiger partial charge in [0.25, 0.3) is 0 Å². The van der Waals surface area contributed by atoms with Gasteiger partial charge in [0, 0.05) is 25.2 Å². The van der Waals surface area contributed by atoms with Gasteiger partial charge in [0.05, 0.1) is 11.6 Å². The Labute approximate surface area is 156 Å². The predicted octanol–water partition coefficient (Wildman–Crippen LogP) is 2.58. The second kappa shape index (κ2) is 7.50. The number of nitrogens with one attached hydrogen (secondary N) is 1. The van der Waals surface area contributed by atoms with Crippen molar-refractivity contribution in [2.24, 2.45) is 0 Å². The van der Waals surface area contributed by atoms with Crippen molar-refractivity contribution in [1.29, 1.82) is 0 Å². The van der Waals surface area contributed by atoms with E-state index >= 15 is 0 Å². The number of likely N-dealkylation sites (N-methyl/N-ethyl adjacent to an activating group) is 1. The molecule has 3 atom stereocenters. The lowest BCUT2D eigenvalue weighted by Gasteiger charge is -2.26. The number of rotatable bonds is 2. The van der Waals surface area contributed by atoms with Gasteiger partial charge in [0.15, 0.2) is 0 Å². The van der Waals surface area contributed by atoms with Crippen molar-refractivity contribution in [3.8, 4) is 0 Å². The highest BCUT2D eigenvalue weighted by molar-refractivity contribution is 6.35. The first-order chi connectivity index (χ1) is 12.7. The number of alkyl halides is 3. The third-order valence-corrected chi connectivity index (χ3v) is 5.69. The molecule has 2 aliphatic rings. The minimum atomic E-state index is -4.45. The number of hydrogen-bond acceptors (Lipinski definition) is 3. The smallest absolute Gasteiger partial charge is 0.341 e. The molecule has 148 valence electrons. The molecule has 8 heteroatoms. The zero-order valence-electron chi connectivity index (χ0n) is 15.4. The molecular weight excluding hydrogens is 359 g/mol. The summed E-state index contributed by atoms with van der Waals surface area (Å²) < 4.78 is 38.6. The second-order valence-corrected chi connectivity index (χ2v) is 7.41. The Hall–Kier alpha value is -2.09. The average molecular weight is 383 g/mol. The summed E-state index contributed by atoms with van der Waals surface area (Å²) in [5, 5.41) is 2.54. The highest BCUT2D eigenvalue weighted by Gasteiger charge is 2.37. The highest BCUT2D eigenvalue weighted by Crippen LogP contribution is 2.31. The number of hydrogen-bond donors (Lipinski definition) is 1. The molecule has 1 aromatic rings. The van der Waals surface area contributed by atoms with Gasteiger partial charge in [0.2, 0.25) is 0 Å². The van der Waals surface area contributed by atoms with E-state index in [4.69, 9.17) is 0 Å². The molecule has 5 nitrogen and oxygen atoms in total. The predicted molar refractivity (Wildman–Crippen MR) is 93.8 cm³/mol. The van der Waals surface area contributed by atoms with Gasteiger partial charge in [-0.3, -0.25) is 14.5 Å². The van der Waals surface area contributed by atoms with Crippen LogP contribution in [0.2, 0.25) is 0 Å². The summed E-state index contributed by atoms with van der Waals surface area (Å²) in [5.74, 6) is -1.39. The van der Waals surface area contributed by atoms with Crippen LogP contribution in [0.4, 0.5) is 13.2 Å². The molecule has 2 aliphatic heterocycles. The van der Waals surface area contributed by atoms with Crippen molar-refractivity contribution in [2.45, 2.75) is 50.5 Å². The van der Waals surface area contributed by atoms with E-state index in [9.17, 15) is 22.8 Å². The first kappa shape index (κ1) is 19.7. The van der Waals surface area contributed by atoms with Crippen molar-refractivity contribution in [1.82, 2.24) is 15.1 Å². The molecule has 0 aliphatic carbocycles. The summed E-state index contributed by atoms with van der Waals surface area (Å²) in [6, 6.07) is 4.78. The largest absolute Gasteiger partial charge is 0.416 e. The van der Waals surface area contributed by atoms with Crippen LogP contribution in [0, 0.1) is 0 Å². The van der Waals surface area contributed by atoms with E-state index in [1.165, 1.54) is 12.1 Å². The van der Waals surface area contributed by atoms with E-state index in [0.29, 0.717) is 24.7 Å². The number of carbonyl (C=O) groups excluding carboxylic acids is 2. The molecule has 0 spiro atoms. The van der Waals surface area contributed by atoms with E-state index in [2.05, 4.69) is 10.2 Å². The lowest BCUT2D eigenvalue weighted by molar-refractivity contribution is -0.146. The number of benzene rings is 1. The Bertz CT molecular complexity index is 722. The van der Waals surface area contributed by atoms with E-state index < -0.39 is 29.6 Å². The van der Waals surface area contributed by atoms with Gasteiger partial charge in [-0.1, -0.05) is 12.1 Å². The summed E-state index contributed by atoms with van der Waals surface area (Å²) in [6.07, 6.45) is -1.50. The molecule has 3 rings (SSSR count). The Balaban J connectivity index is 1.64. The highest BCUT2D eigenvalue weighted by atomic mass is 19.4. The summed E-state index contributed by atoms with van der Waals surface area (Å²) >= 11 is 0. The van der Waals surface area contributed by atoms with Crippen molar-refractivity contribution >= 4 is 11.8 Å². The monoisotopic (exact) mass is 383 g/mol. The van der Waals surface area contributed by atoms with Crippen LogP contribution in [-0.2, 0) is 15.8 Å². The van der Waals surface area contributed by atoms with Crippen LogP contribution in [0.3, 0.4) is 0 Å². The Morgan fingerprint density at radius 2 is 1.89 bits per heavy atom. The number of amides is 2. The zero-order valence-corrected chi connectivity index (χ0v) is 15.4. The van der Waals surface area contributed by atoms with Gasteiger partial charge >= 0.3 is 18.0 Å². The van der Waals surface area contributed by atoms with Crippen molar-refractivity contribution < 1.29 is 22.8 Å². The van der Waals surface area contributed by atoms with Gasteiger partial charge in [-0.05, 0) is 50.9 Å². The van der Waals surface area contributed by atoms with E-state index in [1.54, 1.807) is 11.8 Å². The molecule has 0 aromatic heterocycles. The molecule has 2 saturated heterocycles. The SMILES string of the molecule is C[C@H](NC(=O)C(=O)N1CC[C@H]2CC[C@@H](C1)N2C)c1cccc(C(F)(F)F)c1. The van der Waals surface area contributed by atoms with Crippen molar-refractivity contribution in [3.63, 3.8) is 0 Å². The molecule has 1 N–H and O–H groups in total. The molecule has 2 amide bonds. The van der Waals surface area contributed by atoms with Crippen molar-refractivity contribution in [3.05, 3.63) is 35.4 Å². The first-order valence-electron chi connectivity index (χ1n) is 9.15. The van der Waals surface area contributed by atoms with Crippen LogP contribution in [0.1, 0.15) is 43.4 Å². The fourth-order valence-corrected chi connectivity index (χ4v) is 3.96. The van der Waals surface area contributed by atoms with Crippen LogP contribution in [-0.4, -0.2) is 53.8 Å². The average Bonchev–Trinajstić information content (AvgIpc) is 2.86. The lowest BCUT2D eigenvalue weighted by atomic mass is 10.0. The van der Waals surface area contributed by atoms with Gasteiger partial charge < -0.3 is 10.2 Å². The number of carbonyl (C=O) groups is 2. The summed E-state index contributed by atoms with van der Waals surface area (Å²) in [7, 11) is 2.05. The summed E-state index contributed by atoms with van der Waals surface area (Å²) in [4.78, 5) is 28.8. The minimum absolute atomic E-state index is 0.259. The maximum atomic E-state index is 12.9. The molecule has 0 radical (unpaired) electrons. The van der Waals surface area contributed by atoms with Crippen LogP contribution < -0.4 is 5.32 Å². The van der Waals surface area contributed by atoms with Gasteiger partial charge in [-0.2, -0.15) is 13.2 Å². The zero-order chi connectivity index (χ0) is 19.8. The molecule has 2 heterocycles. The van der Waals surface area contributed by atoms with Gasteiger partial charge in [0.1, 0.15) is 0 Å². The molecule has 27 heavy (non-hydrogen) atoms. The molecule has 0 unspecified atom stereocenters. The number of fused-ring (bicyclic) bond motifs is 2. The number of nitrogens with zero attached hydrogens (tertiary/aromatic N) is 2. The Morgan fingerprint density at radius 1 is 1.19 bits per heavy atom. The maximum Gasteiger partial charge on any atom is 0.416 e. The Morgan fingerprint density at radius 3 is 2.59 bits per heavy atom. The molecular formula is C19H24F3N3O2. The topological polar surface area (TPSA) is 52.7 Å². The second-order valence-electron chi connectivity index (χ2n) is 7.41. The molecule has 2 fully saturated rings. The molecule has 1 aromatic carbocycles. The quantitative estimate of drug-likeness (QED) is 0.799. The third kappa shape index (κ3) is 4.26. The Kier molecular flexibility index (Phi) is 5.46. The summed E-state index contributed by atoms with van der Waals surface area (Å²) in [5.41, 5.74) is -0.473. The van der Waals surface area contributed by atoms with E-state index in [0.717, 1.165) is 31.4 Å². The molecule has 0 saturated carbocycles. The first-order valence-corrected chi connectivity index (χ1v) is 9.15. The maximum absolute atomic E-state index is 12.9. The van der Waals surface area contributed by atoms with Gasteiger partial charge in [-0.15, -0.1) is 0 Å². The van der Waals surface area contributed by atoms with Crippen LogP contribution in [0.5, 0.6) is 0 Å². The van der Waals surface area contributed by atoms with Crippen molar-refractivity contribution in [2.75, 3.05) is 20.1 Å². The number of likely N-dealkylation sites (tertiary alicyclic amines) is 1. The molecule has 2 bridgehead atoms.